The summed E-state index contributed by atoms with van der Waals surface area (Å²) in [5.41, 5.74) is -0.415. The lowest BCUT2D eigenvalue weighted by Gasteiger charge is -2.07. The molecule has 1 heterocycles. The molecule has 0 saturated heterocycles. The van der Waals surface area contributed by atoms with Crippen molar-refractivity contribution in [2.45, 2.75) is 12.8 Å². The molecule has 84 valence electrons. The number of carbonyl (C=O) groups is 1. The lowest BCUT2D eigenvalue weighted by Crippen LogP contribution is -2.07. The third kappa shape index (κ3) is 1.52. The summed E-state index contributed by atoms with van der Waals surface area (Å²) in [5.74, 6) is -4.27. The topological polar surface area (TPSA) is 66.0 Å². The van der Waals surface area contributed by atoms with Gasteiger partial charge in [-0.05, 0) is 6.07 Å². The largest absolute Gasteiger partial charge is 0.478 e. The molecule has 0 atom stereocenters. The number of H-pyrrole nitrogens is 1. The van der Waals surface area contributed by atoms with Crippen LogP contribution in [0, 0.1) is 0 Å². The van der Waals surface area contributed by atoms with Crippen molar-refractivity contribution >= 4 is 16.9 Å². The number of fused-ring (bicyclic) bond motifs is 1. The lowest BCUT2D eigenvalue weighted by molar-refractivity contribution is 0.0142. The second kappa shape index (κ2) is 3.26. The lowest BCUT2D eigenvalue weighted by atomic mass is 10.1. The molecule has 4 nitrogen and oxygen atoms in total. The molecule has 0 fully saturated rings. The van der Waals surface area contributed by atoms with Crippen molar-refractivity contribution in [2.75, 3.05) is 0 Å². The van der Waals surface area contributed by atoms with Gasteiger partial charge in [-0.25, -0.2) is 4.79 Å². The summed E-state index contributed by atoms with van der Waals surface area (Å²) >= 11 is 0. The fourth-order valence-electron chi connectivity index (χ4n) is 1.54. The van der Waals surface area contributed by atoms with Crippen LogP contribution in [0.1, 0.15) is 23.0 Å². The van der Waals surface area contributed by atoms with Gasteiger partial charge in [0.05, 0.1) is 5.56 Å². The van der Waals surface area contributed by atoms with E-state index in [4.69, 9.17) is 5.11 Å². The van der Waals surface area contributed by atoms with E-state index in [1.165, 1.54) is 18.2 Å². The van der Waals surface area contributed by atoms with Gasteiger partial charge in [0.2, 0.25) is 0 Å². The first kappa shape index (κ1) is 10.5. The number of halogens is 2. The van der Waals surface area contributed by atoms with Crippen molar-refractivity contribution in [3.05, 3.63) is 29.5 Å². The van der Waals surface area contributed by atoms with Gasteiger partial charge in [-0.2, -0.15) is 13.9 Å². The molecule has 1 aromatic heterocycles. The fraction of sp³-hybridized carbons (Fsp3) is 0.200. The zero-order chi connectivity index (χ0) is 11.9. The summed E-state index contributed by atoms with van der Waals surface area (Å²) in [6.07, 6.45) is 0. The van der Waals surface area contributed by atoms with E-state index in [1.807, 2.05) is 0 Å². The Morgan fingerprint density at radius 3 is 2.75 bits per heavy atom. The van der Waals surface area contributed by atoms with Crippen molar-refractivity contribution in [2.24, 2.45) is 0 Å². The first-order valence-corrected chi connectivity index (χ1v) is 4.50. The van der Waals surface area contributed by atoms with Crippen LogP contribution < -0.4 is 0 Å². The zero-order valence-electron chi connectivity index (χ0n) is 8.29. The molecule has 0 saturated carbocycles. The highest BCUT2D eigenvalue weighted by Gasteiger charge is 2.30. The summed E-state index contributed by atoms with van der Waals surface area (Å²) < 4.78 is 26.3. The van der Waals surface area contributed by atoms with Crippen LogP contribution in [0.3, 0.4) is 0 Å². The monoisotopic (exact) mass is 226 g/mol. The number of rotatable bonds is 2. The second-order valence-electron chi connectivity index (χ2n) is 3.49. The van der Waals surface area contributed by atoms with Gasteiger partial charge in [0, 0.05) is 12.3 Å². The Morgan fingerprint density at radius 1 is 1.50 bits per heavy atom. The van der Waals surface area contributed by atoms with Crippen LogP contribution in [-0.2, 0) is 5.92 Å². The van der Waals surface area contributed by atoms with Crippen LogP contribution in [-0.4, -0.2) is 21.3 Å². The predicted molar refractivity (Wildman–Crippen MR) is 52.6 cm³/mol. The minimum Gasteiger partial charge on any atom is -0.478 e. The molecular formula is C10H8F2N2O2. The van der Waals surface area contributed by atoms with Gasteiger partial charge in [0.1, 0.15) is 11.2 Å². The maximum absolute atomic E-state index is 13.1. The highest BCUT2D eigenvalue weighted by Crippen LogP contribution is 2.32. The van der Waals surface area contributed by atoms with Gasteiger partial charge >= 0.3 is 5.97 Å². The smallest absolute Gasteiger partial charge is 0.337 e. The number of nitrogens with zero attached hydrogens (tertiary/aromatic N) is 1. The standard InChI is InChI=1S/C10H8F2N2O2/c1-10(11,12)8-5-3-2-4-6(9(15)16)7(5)13-14-8/h2-4H,1H3,(H,13,14)(H,15,16). The molecule has 2 aromatic rings. The number of hydrogen-bond acceptors (Lipinski definition) is 2. The molecule has 0 amide bonds. The number of aromatic amines is 1. The molecule has 0 radical (unpaired) electrons. The number of nitrogens with one attached hydrogen (secondary N) is 1. The molecule has 6 heteroatoms. The summed E-state index contributed by atoms with van der Waals surface area (Å²) in [6, 6.07) is 4.15. The number of aromatic nitrogens is 2. The maximum atomic E-state index is 13.1. The van der Waals surface area contributed by atoms with Crippen LogP contribution in [0.2, 0.25) is 0 Å². The van der Waals surface area contributed by atoms with Gasteiger partial charge in [0.25, 0.3) is 5.92 Å². The van der Waals surface area contributed by atoms with Crippen molar-refractivity contribution < 1.29 is 18.7 Å². The summed E-state index contributed by atoms with van der Waals surface area (Å²) in [6.45, 7) is 0.730. The quantitative estimate of drug-likeness (QED) is 0.826. The van der Waals surface area contributed by atoms with Crippen molar-refractivity contribution in [1.82, 2.24) is 10.2 Å². The number of alkyl halides is 2. The first-order valence-electron chi connectivity index (χ1n) is 4.50. The summed E-state index contributed by atoms with van der Waals surface area (Å²) in [7, 11) is 0. The number of carboxylic acid groups (broad SMARTS) is 1. The molecule has 2 rings (SSSR count). The number of hydrogen-bond donors (Lipinski definition) is 2. The Kier molecular flexibility index (Phi) is 2.15. The van der Waals surface area contributed by atoms with Gasteiger partial charge in [-0.3, -0.25) is 5.10 Å². The average molecular weight is 226 g/mol. The predicted octanol–water partition coefficient (Wildman–Crippen LogP) is 2.37. The summed E-state index contributed by atoms with van der Waals surface area (Å²) in [4.78, 5) is 10.8. The molecule has 1 aromatic carbocycles. The Labute approximate surface area is 88.9 Å². The molecule has 0 bridgehead atoms. The van der Waals surface area contributed by atoms with Gasteiger partial charge in [-0.1, -0.05) is 12.1 Å². The molecule has 0 aliphatic heterocycles. The summed E-state index contributed by atoms with van der Waals surface area (Å²) in [5, 5.41) is 14.8. The maximum Gasteiger partial charge on any atom is 0.337 e. The highest BCUT2D eigenvalue weighted by atomic mass is 19.3. The first-order chi connectivity index (χ1) is 7.41. The minimum absolute atomic E-state index is 0.0477. The van der Waals surface area contributed by atoms with E-state index < -0.39 is 11.9 Å². The van der Waals surface area contributed by atoms with Crippen molar-refractivity contribution in [3.63, 3.8) is 0 Å². The molecule has 0 spiro atoms. The van der Waals surface area contributed by atoms with Crippen LogP contribution in [0.25, 0.3) is 10.9 Å². The van der Waals surface area contributed by atoms with E-state index in [2.05, 4.69) is 10.2 Å². The van der Waals surface area contributed by atoms with E-state index in [9.17, 15) is 13.6 Å². The molecule has 0 unspecified atom stereocenters. The normalized spacial score (nSPS) is 11.9. The minimum atomic E-state index is -3.08. The fourth-order valence-corrected chi connectivity index (χ4v) is 1.54. The number of aromatic carboxylic acids is 1. The van der Waals surface area contributed by atoms with Crippen molar-refractivity contribution in [3.8, 4) is 0 Å². The number of para-hydroxylation sites is 1. The van der Waals surface area contributed by atoms with Crippen LogP contribution in [0.4, 0.5) is 8.78 Å². The Bertz CT molecular complexity index is 557. The Morgan fingerprint density at radius 2 is 2.19 bits per heavy atom. The SMILES string of the molecule is CC(F)(F)c1[nH]nc2c(C(=O)O)cccc12. The number of carboxylic acids is 1. The van der Waals surface area contributed by atoms with E-state index in [-0.39, 0.29) is 22.2 Å². The van der Waals surface area contributed by atoms with Gasteiger partial charge in [0.15, 0.2) is 0 Å². The van der Waals surface area contributed by atoms with E-state index in [1.54, 1.807) is 0 Å². The molecule has 0 aliphatic carbocycles. The third-order valence-electron chi connectivity index (χ3n) is 2.25. The van der Waals surface area contributed by atoms with E-state index >= 15 is 0 Å². The number of benzene rings is 1. The molecule has 2 N–H and O–H groups in total. The molecule has 0 aliphatic rings. The van der Waals surface area contributed by atoms with Gasteiger partial charge < -0.3 is 5.11 Å². The Balaban J connectivity index is 2.76. The zero-order valence-corrected chi connectivity index (χ0v) is 8.29. The second-order valence-corrected chi connectivity index (χ2v) is 3.49. The van der Waals surface area contributed by atoms with Gasteiger partial charge in [-0.15, -0.1) is 0 Å². The van der Waals surface area contributed by atoms with E-state index in [0.717, 1.165) is 6.92 Å². The average Bonchev–Trinajstić information content (AvgIpc) is 2.59. The van der Waals surface area contributed by atoms with Crippen LogP contribution >= 0.6 is 0 Å². The molecule has 16 heavy (non-hydrogen) atoms. The van der Waals surface area contributed by atoms with Crippen molar-refractivity contribution in [1.29, 1.82) is 0 Å². The van der Waals surface area contributed by atoms with Crippen LogP contribution in [0.15, 0.2) is 18.2 Å². The highest BCUT2D eigenvalue weighted by molar-refractivity contribution is 6.02. The molecular weight excluding hydrogens is 218 g/mol. The van der Waals surface area contributed by atoms with Crippen LogP contribution in [0.5, 0.6) is 0 Å². The van der Waals surface area contributed by atoms with E-state index in [0.29, 0.717) is 0 Å². The Hall–Kier alpha value is -1.98. The third-order valence-corrected chi connectivity index (χ3v) is 2.25.